The van der Waals surface area contributed by atoms with E-state index in [1.54, 1.807) is 24.3 Å². The minimum Gasteiger partial charge on any atom is -0.388 e. The molecule has 1 aliphatic heterocycles. The number of nitrogens with zero attached hydrogens (tertiary/aromatic N) is 3. The van der Waals surface area contributed by atoms with Crippen molar-refractivity contribution in [1.29, 1.82) is 0 Å². The van der Waals surface area contributed by atoms with Gasteiger partial charge in [-0.25, -0.2) is 9.97 Å². The first-order valence-electron chi connectivity index (χ1n) is 10.1. The van der Waals surface area contributed by atoms with E-state index < -0.39 is 11.6 Å². The number of fused-ring (bicyclic) bond motifs is 1. The fourth-order valence-electron chi connectivity index (χ4n) is 3.84. The predicted octanol–water partition coefficient (Wildman–Crippen LogP) is 2.91. The number of carbonyl (C=O) groups is 1. The Morgan fingerprint density at radius 1 is 1.32 bits per heavy atom. The quantitative estimate of drug-likeness (QED) is 0.407. The third-order valence-corrected chi connectivity index (χ3v) is 6.64. The maximum atomic E-state index is 12.8. The normalized spacial score (nSPS) is 17.0. The molecule has 164 valence electrons. The summed E-state index contributed by atoms with van der Waals surface area (Å²) in [7, 11) is 0. The molecule has 1 atom stereocenters. The summed E-state index contributed by atoms with van der Waals surface area (Å²) in [4.78, 5) is 26.7. The lowest BCUT2D eigenvalue weighted by Gasteiger charge is -2.38. The highest BCUT2D eigenvalue weighted by atomic mass is 79.9. The third kappa shape index (κ3) is 4.69. The van der Waals surface area contributed by atoms with Crippen LogP contribution in [0.5, 0.6) is 0 Å². The van der Waals surface area contributed by atoms with Gasteiger partial charge in [-0.15, -0.1) is 0 Å². The molecule has 0 aliphatic carbocycles. The highest BCUT2D eigenvalue weighted by Gasteiger charge is 2.38. The van der Waals surface area contributed by atoms with Crippen molar-refractivity contribution < 1.29 is 9.90 Å². The van der Waals surface area contributed by atoms with Gasteiger partial charge < -0.3 is 26.0 Å². The number of carbonyl (C=O) groups excluding carboxylic acids is 1. The summed E-state index contributed by atoms with van der Waals surface area (Å²) in [5.41, 5.74) is 7.03. The Kier molecular flexibility index (Phi) is 6.47. The number of halogens is 2. The van der Waals surface area contributed by atoms with E-state index in [1.165, 1.54) is 6.33 Å². The van der Waals surface area contributed by atoms with Crippen molar-refractivity contribution in [3.05, 3.63) is 51.8 Å². The Morgan fingerprint density at radius 3 is 2.74 bits per heavy atom. The molecule has 0 radical (unpaired) electrons. The predicted molar refractivity (Wildman–Crippen MR) is 124 cm³/mol. The fraction of sp³-hybridized carbons (Fsp3) is 0.381. The van der Waals surface area contributed by atoms with Crippen LogP contribution in [-0.2, 0) is 4.79 Å². The van der Waals surface area contributed by atoms with Gasteiger partial charge in [0.15, 0.2) is 0 Å². The maximum absolute atomic E-state index is 12.8. The number of aromatic nitrogens is 3. The second-order valence-corrected chi connectivity index (χ2v) is 9.10. The van der Waals surface area contributed by atoms with E-state index in [9.17, 15) is 9.90 Å². The van der Waals surface area contributed by atoms with Crippen LogP contribution in [0.1, 0.15) is 30.9 Å². The molecule has 0 spiro atoms. The van der Waals surface area contributed by atoms with Crippen molar-refractivity contribution in [1.82, 2.24) is 20.3 Å². The number of anilines is 1. The summed E-state index contributed by atoms with van der Waals surface area (Å²) >= 11 is 9.41. The summed E-state index contributed by atoms with van der Waals surface area (Å²) in [6.07, 6.45) is 4.11. The van der Waals surface area contributed by atoms with Crippen LogP contribution in [-0.4, -0.2) is 51.1 Å². The van der Waals surface area contributed by atoms with Gasteiger partial charge in [0.05, 0.1) is 17.0 Å². The largest absolute Gasteiger partial charge is 0.388 e. The number of aromatic amines is 1. The molecular formula is C21H24BrClN6O2. The Morgan fingerprint density at radius 2 is 2.03 bits per heavy atom. The molecule has 2 aromatic heterocycles. The van der Waals surface area contributed by atoms with Crippen molar-refractivity contribution in [2.45, 2.75) is 30.9 Å². The lowest BCUT2D eigenvalue weighted by atomic mass is 9.87. The van der Waals surface area contributed by atoms with E-state index in [1.807, 2.05) is 6.20 Å². The maximum Gasteiger partial charge on any atom is 0.240 e. The van der Waals surface area contributed by atoms with Gasteiger partial charge in [-0.05, 0) is 52.9 Å². The molecule has 1 saturated heterocycles. The van der Waals surface area contributed by atoms with E-state index in [0.29, 0.717) is 43.9 Å². The number of benzene rings is 1. The lowest BCUT2D eigenvalue weighted by Crippen LogP contribution is -2.59. The number of nitrogens with one attached hydrogen (secondary N) is 2. The van der Waals surface area contributed by atoms with Crippen molar-refractivity contribution in [2.24, 2.45) is 5.73 Å². The molecule has 3 aromatic rings. The smallest absolute Gasteiger partial charge is 0.240 e. The van der Waals surface area contributed by atoms with Crippen LogP contribution in [0.15, 0.2) is 41.3 Å². The minimum atomic E-state index is -0.941. The monoisotopic (exact) mass is 506 g/mol. The average molecular weight is 508 g/mol. The Bertz CT molecular complexity index is 1070. The molecule has 4 rings (SSSR count). The van der Waals surface area contributed by atoms with Gasteiger partial charge >= 0.3 is 0 Å². The first-order valence-corrected chi connectivity index (χ1v) is 11.3. The third-order valence-electron chi connectivity index (χ3n) is 5.77. The molecule has 8 nitrogen and oxygen atoms in total. The van der Waals surface area contributed by atoms with Gasteiger partial charge in [-0.2, -0.15) is 0 Å². The molecule has 1 amide bonds. The van der Waals surface area contributed by atoms with Crippen LogP contribution in [0.2, 0.25) is 5.02 Å². The average Bonchev–Trinajstić information content (AvgIpc) is 3.16. The number of rotatable bonds is 6. The van der Waals surface area contributed by atoms with Gasteiger partial charge in [0.25, 0.3) is 0 Å². The van der Waals surface area contributed by atoms with E-state index in [-0.39, 0.29) is 5.91 Å². The number of hydrogen-bond donors (Lipinski definition) is 4. The van der Waals surface area contributed by atoms with Crippen molar-refractivity contribution in [3.8, 4) is 0 Å². The molecule has 3 heterocycles. The number of H-pyrrole nitrogens is 1. The molecule has 1 unspecified atom stereocenters. The fourth-order valence-corrected chi connectivity index (χ4v) is 4.45. The first-order chi connectivity index (χ1) is 14.9. The van der Waals surface area contributed by atoms with Gasteiger partial charge in [0.1, 0.15) is 17.8 Å². The van der Waals surface area contributed by atoms with E-state index >= 15 is 0 Å². The molecule has 10 heteroatoms. The molecule has 1 aromatic carbocycles. The van der Waals surface area contributed by atoms with Crippen LogP contribution >= 0.6 is 27.5 Å². The molecule has 31 heavy (non-hydrogen) atoms. The Hall–Kier alpha value is -2.20. The second-order valence-electron chi connectivity index (χ2n) is 7.81. The van der Waals surface area contributed by atoms with Crippen LogP contribution in [0, 0.1) is 0 Å². The first kappa shape index (κ1) is 22.0. The van der Waals surface area contributed by atoms with Crippen LogP contribution in [0.3, 0.4) is 0 Å². The lowest BCUT2D eigenvalue weighted by molar-refractivity contribution is -0.127. The van der Waals surface area contributed by atoms with Crippen LogP contribution < -0.4 is 16.0 Å². The molecule has 0 bridgehead atoms. The van der Waals surface area contributed by atoms with Crippen molar-refractivity contribution >= 4 is 50.3 Å². The second kappa shape index (κ2) is 9.12. The van der Waals surface area contributed by atoms with E-state index in [2.05, 4.69) is 41.1 Å². The summed E-state index contributed by atoms with van der Waals surface area (Å²) < 4.78 is 0.902. The standard InChI is InChI=1S/C21H24BrClN6O2/c22-15-11-26-18-17(15)19(28-12-27-18)29-9-6-21(24,7-10-29)20(31)25-8-5-16(30)13-1-3-14(23)4-2-13/h1-4,11-12,16,30H,5-10,24H2,(H,25,31)(H,26,27,28). The van der Waals surface area contributed by atoms with Crippen molar-refractivity contribution in [3.63, 3.8) is 0 Å². The van der Waals surface area contributed by atoms with Gasteiger partial charge in [0.2, 0.25) is 5.91 Å². The van der Waals surface area contributed by atoms with E-state index in [0.717, 1.165) is 26.9 Å². The summed E-state index contributed by atoms with van der Waals surface area (Å²) in [5, 5.41) is 14.7. The topological polar surface area (TPSA) is 120 Å². The number of hydrogen-bond acceptors (Lipinski definition) is 6. The zero-order valence-corrected chi connectivity index (χ0v) is 19.2. The molecule has 1 aliphatic rings. The molecule has 1 fully saturated rings. The number of nitrogens with two attached hydrogens (primary N) is 1. The molecule has 5 N–H and O–H groups in total. The highest BCUT2D eigenvalue weighted by molar-refractivity contribution is 9.10. The SMILES string of the molecule is NC1(C(=O)NCCC(O)c2ccc(Cl)cc2)CCN(c2ncnc3[nH]cc(Br)c23)CC1. The van der Waals surface area contributed by atoms with Crippen LogP contribution in [0.4, 0.5) is 5.82 Å². The zero-order valence-electron chi connectivity index (χ0n) is 16.8. The summed E-state index contributed by atoms with van der Waals surface area (Å²) in [5.74, 6) is 0.637. The summed E-state index contributed by atoms with van der Waals surface area (Å²) in [6.45, 7) is 1.57. The van der Waals surface area contributed by atoms with E-state index in [4.69, 9.17) is 17.3 Å². The zero-order chi connectivity index (χ0) is 22.0. The van der Waals surface area contributed by atoms with Gasteiger partial charge in [-0.1, -0.05) is 23.7 Å². The van der Waals surface area contributed by atoms with Gasteiger partial charge in [-0.3, -0.25) is 4.79 Å². The number of aliphatic hydroxyl groups excluding tert-OH is 1. The highest BCUT2D eigenvalue weighted by Crippen LogP contribution is 2.32. The van der Waals surface area contributed by atoms with Crippen molar-refractivity contribution in [2.75, 3.05) is 24.5 Å². The number of amides is 1. The number of aliphatic hydroxyl groups is 1. The Balaban J connectivity index is 1.32. The Labute approximate surface area is 193 Å². The van der Waals surface area contributed by atoms with Gasteiger partial charge in [0, 0.05) is 35.3 Å². The summed E-state index contributed by atoms with van der Waals surface area (Å²) in [6, 6.07) is 7.03. The van der Waals surface area contributed by atoms with Crippen LogP contribution in [0.25, 0.3) is 11.0 Å². The molecular weight excluding hydrogens is 484 g/mol. The molecule has 0 saturated carbocycles. The minimum absolute atomic E-state index is 0.189. The number of piperidine rings is 1.